The fourth-order valence-electron chi connectivity index (χ4n) is 3.00. The Hall–Kier alpha value is -1.35. The second-order valence-electron chi connectivity index (χ2n) is 4.49. The fraction of sp³-hybridized carbons (Fsp3) is 0.417. The van der Waals surface area contributed by atoms with Crippen LogP contribution >= 0.6 is 0 Å². The average Bonchev–Trinajstić information content (AvgIpc) is 2.74. The number of carboxylic acids is 1. The topological polar surface area (TPSA) is 57.5 Å². The molecule has 1 aromatic carbocycles. The Labute approximate surface area is 87.4 Å². The van der Waals surface area contributed by atoms with E-state index in [0.717, 1.165) is 18.4 Å². The lowest BCUT2D eigenvalue weighted by atomic mass is 9.89. The number of aromatic carboxylic acids is 1. The van der Waals surface area contributed by atoms with Gasteiger partial charge in [-0.3, -0.25) is 0 Å². The first-order valence-corrected chi connectivity index (χ1v) is 5.22. The number of hydrogen-bond donors (Lipinski definition) is 2. The Kier molecular flexibility index (Phi) is 1.68. The summed E-state index contributed by atoms with van der Waals surface area (Å²) in [6.45, 7) is 0. The summed E-state index contributed by atoms with van der Waals surface area (Å²) in [4.78, 5) is 10.8. The molecule has 1 saturated carbocycles. The summed E-state index contributed by atoms with van der Waals surface area (Å²) in [5.74, 6) is -0.276. The highest BCUT2D eigenvalue weighted by Crippen LogP contribution is 2.53. The van der Waals surface area contributed by atoms with Gasteiger partial charge < -0.3 is 10.2 Å². The Balaban J connectivity index is 2.11. The van der Waals surface area contributed by atoms with Crippen molar-refractivity contribution < 1.29 is 15.0 Å². The molecular formula is C12H12O3. The van der Waals surface area contributed by atoms with E-state index in [1.54, 1.807) is 12.1 Å². The summed E-state index contributed by atoms with van der Waals surface area (Å²) in [6, 6.07) is 5.30. The molecule has 2 aliphatic carbocycles. The minimum atomic E-state index is -0.893. The molecule has 3 rings (SSSR count). The van der Waals surface area contributed by atoms with E-state index in [-0.39, 0.29) is 12.0 Å². The SMILES string of the molecule is O=C(O)c1ccc2c(c1)[C@H]1C[C@@H]2C[C@@H]1O. The molecule has 2 bridgehead atoms. The first-order chi connectivity index (χ1) is 7.16. The minimum absolute atomic E-state index is 0.171. The molecule has 2 N–H and O–H groups in total. The molecule has 0 saturated heterocycles. The van der Waals surface area contributed by atoms with Gasteiger partial charge in [0.2, 0.25) is 0 Å². The first kappa shape index (κ1) is 8.92. The molecule has 0 spiro atoms. The first-order valence-electron chi connectivity index (χ1n) is 5.22. The number of benzene rings is 1. The van der Waals surface area contributed by atoms with Crippen molar-refractivity contribution in [1.82, 2.24) is 0 Å². The van der Waals surface area contributed by atoms with Gasteiger partial charge in [0.1, 0.15) is 0 Å². The summed E-state index contributed by atoms with van der Waals surface area (Å²) in [5.41, 5.74) is 2.63. The van der Waals surface area contributed by atoms with E-state index in [1.807, 2.05) is 6.07 Å². The number of carboxylic acid groups (broad SMARTS) is 1. The van der Waals surface area contributed by atoms with Gasteiger partial charge in [0.25, 0.3) is 0 Å². The molecule has 2 aliphatic rings. The molecule has 0 amide bonds. The molecule has 3 heteroatoms. The molecule has 1 fully saturated rings. The highest BCUT2D eigenvalue weighted by atomic mass is 16.4. The van der Waals surface area contributed by atoms with Gasteiger partial charge in [-0.25, -0.2) is 4.79 Å². The van der Waals surface area contributed by atoms with Gasteiger partial charge in [-0.15, -0.1) is 0 Å². The number of aliphatic hydroxyl groups is 1. The predicted molar refractivity (Wildman–Crippen MR) is 54.1 cm³/mol. The van der Waals surface area contributed by atoms with Crippen LogP contribution in [-0.4, -0.2) is 22.3 Å². The van der Waals surface area contributed by atoms with Crippen LogP contribution in [0.5, 0.6) is 0 Å². The van der Waals surface area contributed by atoms with Gasteiger partial charge in [0, 0.05) is 5.92 Å². The quantitative estimate of drug-likeness (QED) is 0.732. The summed E-state index contributed by atoms with van der Waals surface area (Å²) in [6.07, 6.45) is 1.55. The van der Waals surface area contributed by atoms with Gasteiger partial charge in [-0.1, -0.05) is 6.07 Å². The maximum atomic E-state index is 10.8. The molecule has 0 unspecified atom stereocenters. The van der Waals surface area contributed by atoms with Gasteiger partial charge in [0.05, 0.1) is 11.7 Å². The van der Waals surface area contributed by atoms with Crippen molar-refractivity contribution in [1.29, 1.82) is 0 Å². The third kappa shape index (κ3) is 1.13. The van der Waals surface area contributed by atoms with Crippen LogP contribution in [0.3, 0.4) is 0 Å². The zero-order valence-corrected chi connectivity index (χ0v) is 8.18. The molecule has 0 radical (unpaired) electrons. The standard InChI is InChI=1S/C12H12O3/c13-11-5-7-4-10(11)9-3-6(12(14)15)1-2-8(7)9/h1-3,7,10-11,13H,4-5H2,(H,14,15)/t7-,10-,11+/m1/s1. The average molecular weight is 204 g/mol. The van der Waals surface area contributed by atoms with Gasteiger partial charge >= 0.3 is 5.97 Å². The molecule has 1 aromatic rings. The van der Waals surface area contributed by atoms with E-state index in [4.69, 9.17) is 5.11 Å². The van der Waals surface area contributed by atoms with Crippen LogP contribution in [0.2, 0.25) is 0 Å². The monoisotopic (exact) mass is 204 g/mol. The van der Waals surface area contributed by atoms with Crippen molar-refractivity contribution in [2.75, 3.05) is 0 Å². The van der Waals surface area contributed by atoms with E-state index in [1.165, 1.54) is 5.56 Å². The third-order valence-electron chi connectivity index (χ3n) is 3.70. The Morgan fingerprint density at radius 2 is 2.07 bits per heavy atom. The predicted octanol–water partition coefficient (Wildman–Crippen LogP) is 1.72. The lowest BCUT2D eigenvalue weighted by Crippen LogP contribution is -2.15. The highest BCUT2D eigenvalue weighted by Gasteiger charge is 2.43. The van der Waals surface area contributed by atoms with Crippen LogP contribution in [-0.2, 0) is 0 Å². The lowest BCUT2D eigenvalue weighted by molar-refractivity contribution is 0.0696. The Bertz CT molecular complexity index is 438. The van der Waals surface area contributed by atoms with Crippen molar-refractivity contribution in [3.8, 4) is 0 Å². The number of fused-ring (bicyclic) bond motifs is 5. The zero-order valence-electron chi connectivity index (χ0n) is 8.18. The van der Waals surface area contributed by atoms with Crippen LogP contribution in [0.4, 0.5) is 0 Å². The molecule has 15 heavy (non-hydrogen) atoms. The molecular weight excluding hydrogens is 192 g/mol. The maximum absolute atomic E-state index is 10.8. The fourth-order valence-corrected chi connectivity index (χ4v) is 3.00. The number of carbonyl (C=O) groups is 1. The van der Waals surface area contributed by atoms with Crippen LogP contribution in [0.1, 0.15) is 46.2 Å². The van der Waals surface area contributed by atoms with Crippen molar-refractivity contribution in [3.63, 3.8) is 0 Å². The molecule has 3 nitrogen and oxygen atoms in total. The van der Waals surface area contributed by atoms with Gasteiger partial charge in [-0.2, -0.15) is 0 Å². The van der Waals surface area contributed by atoms with Crippen LogP contribution in [0.25, 0.3) is 0 Å². The van der Waals surface area contributed by atoms with E-state index in [0.29, 0.717) is 11.5 Å². The van der Waals surface area contributed by atoms with Crippen molar-refractivity contribution in [2.45, 2.75) is 30.8 Å². The molecule has 3 atom stereocenters. The second-order valence-corrected chi connectivity index (χ2v) is 4.49. The Morgan fingerprint density at radius 3 is 2.80 bits per heavy atom. The van der Waals surface area contributed by atoms with E-state index >= 15 is 0 Å². The normalized spacial score (nSPS) is 31.7. The van der Waals surface area contributed by atoms with E-state index in [9.17, 15) is 9.90 Å². The summed E-state index contributed by atoms with van der Waals surface area (Å²) in [5, 5.41) is 18.6. The summed E-state index contributed by atoms with van der Waals surface area (Å²) in [7, 11) is 0. The third-order valence-corrected chi connectivity index (χ3v) is 3.70. The van der Waals surface area contributed by atoms with Crippen molar-refractivity contribution >= 4 is 5.97 Å². The lowest BCUT2D eigenvalue weighted by Gasteiger charge is -2.20. The van der Waals surface area contributed by atoms with Crippen molar-refractivity contribution in [3.05, 3.63) is 34.9 Å². The molecule has 0 aliphatic heterocycles. The second kappa shape index (κ2) is 2.83. The maximum Gasteiger partial charge on any atom is 0.335 e. The molecule has 78 valence electrons. The summed E-state index contributed by atoms with van der Waals surface area (Å²) >= 11 is 0. The highest BCUT2D eigenvalue weighted by molar-refractivity contribution is 5.88. The number of aliphatic hydroxyl groups excluding tert-OH is 1. The van der Waals surface area contributed by atoms with Crippen LogP contribution in [0.15, 0.2) is 18.2 Å². The zero-order chi connectivity index (χ0) is 10.6. The molecule has 0 heterocycles. The van der Waals surface area contributed by atoms with Crippen LogP contribution < -0.4 is 0 Å². The Morgan fingerprint density at radius 1 is 1.27 bits per heavy atom. The number of hydrogen-bond acceptors (Lipinski definition) is 2. The van der Waals surface area contributed by atoms with Gasteiger partial charge in [0.15, 0.2) is 0 Å². The van der Waals surface area contributed by atoms with E-state index in [2.05, 4.69) is 0 Å². The minimum Gasteiger partial charge on any atom is -0.478 e. The smallest absolute Gasteiger partial charge is 0.335 e. The van der Waals surface area contributed by atoms with Gasteiger partial charge in [-0.05, 0) is 42.0 Å². The molecule has 0 aromatic heterocycles. The number of rotatable bonds is 1. The summed E-state index contributed by atoms with van der Waals surface area (Å²) < 4.78 is 0. The van der Waals surface area contributed by atoms with Crippen LogP contribution in [0, 0.1) is 0 Å². The largest absolute Gasteiger partial charge is 0.478 e. The van der Waals surface area contributed by atoms with Crippen molar-refractivity contribution in [2.24, 2.45) is 0 Å². The van der Waals surface area contributed by atoms with E-state index < -0.39 is 5.97 Å².